The molecule has 1 aromatic rings. The number of halogens is 1. The normalized spacial score (nSPS) is 22.5. The number of benzene rings is 1. The van der Waals surface area contributed by atoms with Crippen molar-refractivity contribution >= 4 is 31.9 Å². The average molecular weight is 330 g/mol. The lowest BCUT2D eigenvalue weighted by atomic mass is 10.2. The Morgan fingerprint density at radius 1 is 1.22 bits per heavy atom. The highest BCUT2D eigenvalue weighted by molar-refractivity contribution is 9.10. The Kier molecular flexibility index (Phi) is 2.75. The van der Waals surface area contributed by atoms with Crippen molar-refractivity contribution in [1.29, 1.82) is 0 Å². The van der Waals surface area contributed by atoms with Gasteiger partial charge in [0.1, 0.15) is 4.90 Å². The standard InChI is InChI=1S/C12H12BrNO3S/c13-8-5-6-11-10(7-8)12(15)14(18(11,16)17)9-3-1-2-4-9/h5-7,9H,1-4H2. The number of fused-ring (bicyclic) bond motifs is 1. The molecule has 1 aromatic carbocycles. The largest absolute Gasteiger partial charge is 0.269 e. The molecule has 0 unspecified atom stereocenters. The van der Waals surface area contributed by atoms with Gasteiger partial charge in [0.15, 0.2) is 0 Å². The Morgan fingerprint density at radius 3 is 2.56 bits per heavy atom. The zero-order chi connectivity index (χ0) is 12.9. The van der Waals surface area contributed by atoms with Gasteiger partial charge in [0.05, 0.1) is 5.56 Å². The third kappa shape index (κ3) is 1.62. The van der Waals surface area contributed by atoms with E-state index in [-0.39, 0.29) is 22.4 Å². The molecule has 1 saturated carbocycles. The summed E-state index contributed by atoms with van der Waals surface area (Å²) in [5, 5.41) is 0. The van der Waals surface area contributed by atoms with Crippen molar-refractivity contribution in [3.63, 3.8) is 0 Å². The molecule has 2 aliphatic rings. The number of hydrogen-bond donors (Lipinski definition) is 0. The van der Waals surface area contributed by atoms with Gasteiger partial charge in [0, 0.05) is 10.5 Å². The summed E-state index contributed by atoms with van der Waals surface area (Å²) in [5.74, 6) is -0.377. The maximum atomic E-state index is 12.4. The van der Waals surface area contributed by atoms with Crippen LogP contribution in [0.1, 0.15) is 36.0 Å². The molecule has 1 heterocycles. The van der Waals surface area contributed by atoms with Gasteiger partial charge in [0.2, 0.25) is 0 Å². The van der Waals surface area contributed by atoms with Crippen LogP contribution in [0.25, 0.3) is 0 Å². The number of sulfonamides is 1. The fourth-order valence-electron chi connectivity index (χ4n) is 2.73. The molecule has 0 atom stereocenters. The lowest BCUT2D eigenvalue weighted by Gasteiger charge is -2.22. The highest BCUT2D eigenvalue weighted by Crippen LogP contribution is 2.37. The van der Waals surface area contributed by atoms with Crippen molar-refractivity contribution in [3.8, 4) is 0 Å². The van der Waals surface area contributed by atoms with Gasteiger partial charge in [-0.2, -0.15) is 0 Å². The van der Waals surface area contributed by atoms with Crippen LogP contribution in [0.4, 0.5) is 0 Å². The van der Waals surface area contributed by atoms with Crippen molar-refractivity contribution in [3.05, 3.63) is 28.2 Å². The van der Waals surface area contributed by atoms with E-state index in [1.54, 1.807) is 12.1 Å². The van der Waals surface area contributed by atoms with E-state index in [4.69, 9.17) is 0 Å². The third-order valence-corrected chi connectivity index (χ3v) is 5.95. The number of nitrogens with zero attached hydrogens (tertiary/aromatic N) is 1. The van der Waals surface area contributed by atoms with Gasteiger partial charge < -0.3 is 0 Å². The summed E-state index contributed by atoms with van der Waals surface area (Å²) in [6.07, 6.45) is 3.54. The van der Waals surface area contributed by atoms with Crippen molar-refractivity contribution in [2.24, 2.45) is 0 Å². The average Bonchev–Trinajstić information content (AvgIpc) is 2.86. The quantitative estimate of drug-likeness (QED) is 0.795. The van der Waals surface area contributed by atoms with Crippen molar-refractivity contribution < 1.29 is 13.2 Å². The molecule has 1 fully saturated rings. The van der Waals surface area contributed by atoms with Gasteiger partial charge in [-0.3, -0.25) is 4.79 Å². The second kappa shape index (κ2) is 4.06. The Labute approximate surface area is 114 Å². The molecule has 0 spiro atoms. The molecule has 18 heavy (non-hydrogen) atoms. The first-order chi connectivity index (χ1) is 8.51. The zero-order valence-electron chi connectivity index (χ0n) is 9.60. The van der Waals surface area contributed by atoms with E-state index in [0.29, 0.717) is 0 Å². The smallest absolute Gasteiger partial charge is 0.268 e. The van der Waals surface area contributed by atoms with Crippen LogP contribution in [-0.4, -0.2) is 24.7 Å². The van der Waals surface area contributed by atoms with Gasteiger partial charge in [-0.15, -0.1) is 0 Å². The first kappa shape index (κ1) is 12.2. The second-order valence-electron chi connectivity index (χ2n) is 4.68. The molecule has 0 bridgehead atoms. The molecular formula is C12H12BrNO3S. The van der Waals surface area contributed by atoms with E-state index in [9.17, 15) is 13.2 Å². The summed E-state index contributed by atoms with van der Waals surface area (Å²) >= 11 is 3.27. The van der Waals surface area contributed by atoms with Gasteiger partial charge in [-0.1, -0.05) is 28.8 Å². The molecule has 6 heteroatoms. The molecule has 0 N–H and O–H groups in total. The molecule has 0 saturated heterocycles. The number of hydrogen-bond acceptors (Lipinski definition) is 3. The van der Waals surface area contributed by atoms with Crippen LogP contribution in [0.3, 0.4) is 0 Å². The lowest BCUT2D eigenvalue weighted by molar-refractivity contribution is 0.0834. The van der Waals surface area contributed by atoms with Crippen LogP contribution in [0, 0.1) is 0 Å². The molecule has 3 rings (SSSR count). The zero-order valence-corrected chi connectivity index (χ0v) is 12.0. The molecule has 0 aromatic heterocycles. The van der Waals surface area contributed by atoms with Gasteiger partial charge in [0.25, 0.3) is 15.9 Å². The van der Waals surface area contributed by atoms with Crippen LogP contribution in [-0.2, 0) is 10.0 Å². The molecule has 1 aliphatic heterocycles. The summed E-state index contributed by atoms with van der Waals surface area (Å²) in [7, 11) is -3.63. The number of amides is 1. The van der Waals surface area contributed by atoms with E-state index in [1.165, 1.54) is 6.07 Å². The maximum Gasteiger partial charge on any atom is 0.269 e. The van der Waals surface area contributed by atoms with Crippen LogP contribution in [0.5, 0.6) is 0 Å². The minimum atomic E-state index is -3.63. The van der Waals surface area contributed by atoms with Crippen molar-refractivity contribution in [1.82, 2.24) is 4.31 Å². The minimum Gasteiger partial charge on any atom is -0.268 e. The van der Waals surface area contributed by atoms with E-state index in [2.05, 4.69) is 15.9 Å². The predicted molar refractivity (Wildman–Crippen MR) is 69.8 cm³/mol. The highest BCUT2D eigenvalue weighted by atomic mass is 79.9. The minimum absolute atomic E-state index is 0.141. The topological polar surface area (TPSA) is 54.5 Å². The lowest BCUT2D eigenvalue weighted by Crippen LogP contribution is -2.38. The fraction of sp³-hybridized carbons (Fsp3) is 0.417. The molecule has 0 radical (unpaired) electrons. The van der Waals surface area contributed by atoms with Crippen LogP contribution in [0.15, 0.2) is 27.6 Å². The second-order valence-corrected chi connectivity index (χ2v) is 7.38. The molecule has 1 aliphatic carbocycles. The summed E-state index contributed by atoms with van der Waals surface area (Å²) in [5.41, 5.74) is 0.288. The van der Waals surface area contributed by atoms with Gasteiger partial charge >= 0.3 is 0 Å². The molecular weight excluding hydrogens is 318 g/mol. The maximum absolute atomic E-state index is 12.4. The Bertz CT molecular complexity index is 620. The van der Waals surface area contributed by atoms with E-state index >= 15 is 0 Å². The molecule has 1 amide bonds. The Morgan fingerprint density at radius 2 is 1.89 bits per heavy atom. The first-order valence-electron chi connectivity index (χ1n) is 5.90. The third-order valence-electron chi connectivity index (χ3n) is 3.57. The van der Waals surface area contributed by atoms with Crippen LogP contribution >= 0.6 is 15.9 Å². The summed E-state index contributed by atoms with van der Waals surface area (Å²) in [6.45, 7) is 0. The first-order valence-corrected chi connectivity index (χ1v) is 8.13. The summed E-state index contributed by atoms with van der Waals surface area (Å²) < 4.78 is 26.6. The van der Waals surface area contributed by atoms with Gasteiger partial charge in [-0.05, 0) is 31.0 Å². The van der Waals surface area contributed by atoms with Crippen LogP contribution in [0.2, 0.25) is 0 Å². The molecule has 4 nitrogen and oxygen atoms in total. The Hall–Kier alpha value is -0.880. The Balaban J connectivity index is 2.14. The monoisotopic (exact) mass is 329 g/mol. The fourth-order valence-corrected chi connectivity index (χ4v) is 4.89. The van der Waals surface area contributed by atoms with E-state index < -0.39 is 10.0 Å². The SMILES string of the molecule is O=C1c2cc(Br)ccc2S(=O)(=O)N1C1CCCC1. The van der Waals surface area contributed by atoms with E-state index in [1.807, 2.05) is 0 Å². The van der Waals surface area contributed by atoms with E-state index in [0.717, 1.165) is 34.5 Å². The van der Waals surface area contributed by atoms with Gasteiger partial charge in [-0.25, -0.2) is 12.7 Å². The molecule has 96 valence electrons. The predicted octanol–water partition coefficient (Wildman–Crippen LogP) is 2.54. The van der Waals surface area contributed by atoms with Crippen LogP contribution < -0.4 is 0 Å². The number of carbonyl (C=O) groups excluding carboxylic acids is 1. The van der Waals surface area contributed by atoms with Crippen molar-refractivity contribution in [2.75, 3.05) is 0 Å². The number of rotatable bonds is 1. The summed E-state index contributed by atoms with van der Waals surface area (Å²) in [4.78, 5) is 12.4. The van der Waals surface area contributed by atoms with Crippen molar-refractivity contribution in [2.45, 2.75) is 36.6 Å². The summed E-state index contributed by atoms with van der Waals surface area (Å²) in [6, 6.07) is 4.58. The number of carbonyl (C=O) groups is 1. The highest BCUT2D eigenvalue weighted by Gasteiger charge is 2.45.